The Morgan fingerprint density at radius 2 is 1.29 bits per heavy atom. The van der Waals surface area contributed by atoms with Crippen molar-refractivity contribution in [2.75, 3.05) is 0 Å². The fraction of sp³-hybridized carbons (Fsp3) is 0.107. The molecule has 4 aromatic rings. The molecule has 258 valence electrons. The first-order valence-electron chi connectivity index (χ1n) is 14.4. The lowest BCUT2D eigenvalue weighted by molar-refractivity contribution is -0.136. The zero-order chi connectivity index (χ0) is 35.5. The average Bonchev–Trinajstić information content (AvgIpc) is 3.54. The Hall–Kier alpha value is 1.29. The minimum atomic E-state index is -4.08. The molecule has 7 nitrogen and oxygen atoms in total. The molecule has 1 aliphatic heterocycles. The minimum absolute atomic E-state index is 0.0269. The molecule has 0 N–H and O–H groups in total. The van der Waals surface area contributed by atoms with Gasteiger partial charge >= 0.3 is 5.97 Å². The summed E-state index contributed by atoms with van der Waals surface area (Å²) in [5.74, 6) is -0.490. The highest BCUT2D eigenvalue weighted by Gasteiger charge is 2.42. The van der Waals surface area contributed by atoms with Gasteiger partial charge in [-0.05, 0) is 52.0 Å². The summed E-state index contributed by atoms with van der Waals surface area (Å²) in [6.07, 6.45) is 0.481. The van der Waals surface area contributed by atoms with E-state index in [1.165, 1.54) is 22.8 Å². The van der Waals surface area contributed by atoms with E-state index in [2.05, 4.69) is 62.5 Å². The highest BCUT2D eigenvalue weighted by Crippen LogP contribution is 3.17. The molecule has 5 rings (SSSR count). The molecule has 10 unspecified atom stereocenters. The van der Waals surface area contributed by atoms with Crippen LogP contribution in [0.4, 0.5) is 5.69 Å². The van der Waals surface area contributed by atoms with E-state index in [-0.39, 0.29) is 28.3 Å². The van der Waals surface area contributed by atoms with Crippen LogP contribution in [0.1, 0.15) is 29.3 Å². The van der Waals surface area contributed by atoms with Gasteiger partial charge in [-0.3, -0.25) is 9.36 Å². The molecule has 0 saturated carbocycles. The van der Waals surface area contributed by atoms with Gasteiger partial charge in [0.15, 0.2) is 7.53 Å². The van der Waals surface area contributed by atoms with Crippen molar-refractivity contribution in [1.82, 2.24) is 4.57 Å². The maximum atomic E-state index is 14.5. The number of benzene rings is 3. The molecule has 2 heterocycles. The molecule has 3 aromatic carbocycles. The Kier molecular flexibility index (Phi) is 15.9. The second-order valence-electron chi connectivity index (χ2n) is 10.5. The summed E-state index contributed by atoms with van der Waals surface area (Å²) in [5, 5.41) is 0. The lowest BCUT2D eigenvalue weighted by atomic mass is 10.0. The first-order valence-corrected chi connectivity index (χ1v) is 38.7. The molecule has 0 aliphatic carbocycles. The van der Waals surface area contributed by atoms with Gasteiger partial charge in [-0.15, -0.1) is 53.6 Å². The van der Waals surface area contributed by atoms with Crippen LogP contribution in [0.5, 0.6) is 0 Å². The third-order valence-corrected chi connectivity index (χ3v) is 79.8. The summed E-state index contributed by atoms with van der Waals surface area (Å²) in [6, 6.07) is 27.5. The standard InChI is InChI=1S/C28H35N2O5P13S/c31-27-22(29-26(19-10-4-1-5-11-19)20-12-6-2-7-13-20)18-25(49(33,34)21-14-8-3-9-15-21)23-16-17-24(30(23)27)28(32)35-43(47(42)44(36)37)48(45(38)39)46(40)41/h1-15,18,24H,16-17,36-42H2. The second kappa shape index (κ2) is 18.8. The first-order chi connectivity index (χ1) is 23.3. The van der Waals surface area contributed by atoms with Gasteiger partial charge in [0.2, 0.25) is 9.84 Å². The number of pyridine rings is 1. The van der Waals surface area contributed by atoms with Crippen molar-refractivity contribution in [2.24, 2.45) is 4.99 Å². The van der Waals surface area contributed by atoms with Crippen LogP contribution in [0, 0.1) is 0 Å². The van der Waals surface area contributed by atoms with Crippen molar-refractivity contribution in [3.05, 3.63) is 124 Å². The lowest BCUT2D eigenvalue weighted by Crippen LogP contribution is -2.29. The highest BCUT2D eigenvalue weighted by atomic mass is 33.2. The predicted molar refractivity (Wildman–Crippen MR) is 244 cm³/mol. The normalized spacial score (nSPS) is 15.8. The summed E-state index contributed by atoms with van der Waals surface area (Å²) < 4.78 is 36.4. The van der Waals surface area contributed by atoms with Gasteiger partial charge in [0.25, 0.3) is 5.56 Å². The van der Waals surface area contributed by atoms with Crippen LogP contribution in [0.3, 0.4) is 0 Å². The van der Waals surface area contributed by atoms with E-state index in [1.807, 2.05) is 60.7 Å². The topological polar surface area (TPSA) is 94.8 Å². The van der Waals surface area contributed by atoms with E-state index >= 15 is 0 Å². The average molecular weight is 914 g/mol. The molecule has 49 heavy (non-hydrogen) atoms. The van der Waals surface area contributed by atoms with Crippen LogP contribution in [0.25, 0.3) is 0 Å². The lowest BCUT2D eigenvalue weighted by Gasteiger charge is -2.36. The van der Waals surface area contributed by atoms with Crippen LogP contribution >= 0.6 is 105 Å². The summed E-state index contributed by atoms with van der Waals surface area (Å²) in [4.78, 5) is 33.8. The Bertz CT molecular complexity index is 1940. The summed E-state index contributed by atoms with van der Waals surface area (Å²) in [7, 11) is 15.2. The molecule has 0 spiro atoms. The van der Waals surface area contributed by atoms with Crippen LogP contribution in [0.15, 0.2) is 117 Å². The molecule has 0 fully saturated rings. The molecule has 1 aromatic heterocycles. The van der Waals surface area contributed by atoms with Gasteiger partial charge in [0.1, 0.15) is 11.7 Å². The largest absolute Gasteiger partial charge is 0.433 e. The molecule has 0 amide bonds. The molecule has 0 saturated heterocycles. The summed E-state index contributed by atoms with van der Waals surface area (Å²) >= 11 is 0. The van der Waals surface area contributed by atoms with Crippen molar-refractivity contribution >= 4 is 132 Å². The van der Waals surface area contributed by atoms with Crippen molar-refractivity contribution in [3.63, 3.8) is 0 Å². The smallest absolute Gasteiger partial charge is 0.332 e. The fourth-order valence-electron chi connectivity index (χ4n) is 5.17. The maximum absolute atomic E-state index is 14.5. The number of fused-ring (bicyclic) bond motifs is 1. The second-order valence-corrected chi connectivity index (χ2v) is 61.2. The van der Waals surface area contributed by atoms with Gasteiger partial charge in [-0.25, -0.2) is 18.2 Å². The summed E-state index contributed by atoms with van der Waals surface area (Å²) in [5.41, 5.74) is 1.75. The summed E-state index contributed by atoms with van der Waals surface area (Å²) in [6.45, 7) is -3.01. The maximum Gasteiger partial charge on any atom is 0.332 e. The molecular formula is C28H35N2O5P13S. The predicted octanol–water partition coefficient (Wildman–Crippen LogP) is 11.8. The first kappa shape index (κ1) is 41.5. The number of carbonyl (C=O) groups excluding carboxylic acids is 1. The van der Waals surface area contributed by atoms with Crippen LogP contribution in [-0.4, -0.2) is 24.7 Å². The SMILES string of the molecule is O=C(OP(P(P)P(P)P)P(P(P)P)P(P)P)C1CCc2c(S(=O)(=O)c3ccccc3)cc(N=C(c3ccccc3)c3ccccc3)c(=O)n21. The van der Waals surface area contributed by atoms with Gasteiger partial charge < -0.3 is 4.52 Å². The third kappa shape index (κ3) is 9.76. The number of hydrogen-bond acceptors (Lipinski definition) is 6. The number of sulfone groups is 1. The monoisotopic (exact) mass is 914 g/mol. The van der Waals surface area contributed by atoms with E-state index < -0.39 is 69.9 Å². The number of nitrogens with zero attached hydrogens (tertiary/aromatic N) is 2. The van der Waals surface area contributed by atoms with Crippen LogP contribution in [-0.2, 0) is 25.6 Å². The third-order valence-electron chi connectivity index (χ3n) is 7.34. The van der Waals surface area contributed by atoms with Crippen molar-refractivity contribution in [1.29, 1.82) is 0 Å². The molecule has 0 bridgehead atoms. The molecule has 10 atom stereocenters. The van der Waals surface area contributed by atoms with E-state index in [0.717, 1.165) is 11.1 Å². The number of hydrogen-bond donors (Lipinski definition) is 0. The molecular weight excluding hydrogens is 879 g/mol. The Morgan fingerprint density at radius 3 is 1.78 bits per heavy atom. The number of aliphatic imine (C=N–C) groups is 1. The Balaban J connectivity index is 1.71. The van der Waals surface area contributed by atoms with Crippen LogP contribution in [0.2, 0.25) is 0 Å². The molecule has 21 heteroatoms. The van der Waals surface area contributed by atoms with Crippen molar-refractivity contribution in [2.45, 2.75) is 28.7 Å². The molecule has 1 aliphatic rings. The zero-order valence-corrected chi connectivity index (χ0v) is 40.1. The van der Waals surface area contributed by atoms with Gasteiger partial charge in [-0.1, -0.05) is 87.8 Å². The zero-order valence-electron chi connectivity index (χ0n) is 25.8. The fourth-order valence-corrected chi connectivity index (χ4v) is 102. The van der Waals surface area contributed by atoms with Crippen molar-refractivity contribution in [3.8, 4) is 0 Å². The Labute approximate surface area is 310 Å². The highest BCUT2D eigenvalue weighted by molar-refractivity contribution is 9.19. The Morgan fingerprint density at radius 1 is 0.776 bits per heavy atom. The van der Waals surface area contributed by atoms with E-state index in [0.29, 0.717) is 11.4 Å². The number of carbonyl (C=O) groups is 1. The van der Waals surface area contributed by atoms with Gasteiger partial charge in [-0.2, -0.15) is 0 Å². The van der Waals surface area contributed by atoms with Crippen LogP contribution < -0.4 is 5.56 Å². The van der Waals surface area contributed by atoms with E-state index in [1.54, 1.807) is 18.2 Å². The molecule has 0 radical (unpaired) electrons. The minimum Gasteiger partial charge on any atom is -0.433 e. The van der Waals surface area contributed by atoms with E-state index in [4.69, 9.17) is 9.52 Å². The number of aromatic nitrogens is 1. The van der Waals surface area contributed by atoms with E-state index in [9.17, 15) is 18.0 Å². The quantitative estimate of drug-likeness (QED) is 0.104. The van der Waals surface area contributed by atoms with Crippen molar-refractivity contribution < 1.29 is 17.7 Å². The van der Waals surface area contributed by atoms with Gasteiger partial charge in [0, 0.05) is 30.8 Å². The number of rotatable bonds is 12. The van der Waals surface area contributed by atoms with Gasteiger partial charge in [0.05, 0.1) is 15.5 Å².